The summed E-state index contributed by atoms with van der Waals surface area (Å²) in [5, 5.41) is 20.1. The number of nitrogens with zero attached hydrogens (tertiary/aromatic N) is 1. The zero-order valence-corrected chi connectivity index (χ0v) is 14.4. The van der Waals surface area contributed by atoms with Crippen molar-refractivity contribution in [2.45, 2.75) is 70.0 Å². The van der Waals surface area contributed by atoms with E-state index in [1.54, 1.807) is 0 Å². The number of carbonyl (C=O) groups is 4. The second-order valence-electron chi connectivity index (χ2n) is 6.27. The molecule has 0 saturated carbocycles. The molecular weight excluding hydrogens is 330 g/mol. The molecule has 0 spiro atoms. The van der Waals surface area contributed by atoms with Gasteiger partial charge in [0.2, 0.25) is 11.8 Å². The number of amides is 2. The molecule has 2 amide bonds. The Balaban J connectivity index is 2.69. The van der Waals surface area contributed by atoms with E-state index in [2.05, 4.69) is 5.32 Å². The molecule has 1 heterocycles. The van der Waals surface area contributed by atoms with Gasteiger partial charge in [-0.2, -0.15) is 0 Å². The summed E-state index contributed by atoms with van der Waals surface area (Å²) < 4.78 is 0. The lowest BCUT2D eigenvalue weighted by Gasteiger charge is -2.27. The molecule has 3 unspecified atom stereocenters. The monoisotopic (exact) mass is 357 g/mol. The van der Waals surface area contributed by atoms with Gasteiger partial charge in [0.05, 0.1) is 6.04 Å². The lowest BCUT2D eigenvalue weighted by molar-refractivity contribution is -0.144. The van der Waals surface area contributed by atoms with Crippen LogP contribution in [0.1, 0.15) is 51.9 Å². The summed E-state index contributed by atoms with van der Waals surface area (Å²) in [6.07, 6.45) is 2.75. The Morgan fingerprint density at radius 3 is 2.48 bits per heavy atom. The number of carboxylic acid groups (broad SMARTS) is 2. The highest BCUT2D eigenvalue weighted by molar-refractivity contribution is 5.92. The summed E-state index contributed by atoms with van der Waals surface area (Å²) in [5.41, 5.74) is 5.89. The smallest absolute Gasteiger partial charge is 0.326 e. The first-order valence-electron chi connectivity index (χ1n) is 8.59. The molecule has 0 aromatic carbocycles. The van der Waals surface area contributed by atoms with Gasteiger partial charge in [0.1, 0.15) is 12.1 Å². The quantitative estimate of drug-likeness (QED) is 0.427. The number of likely N-dealkylation sites (tertiary alicyclic amines) is 1. The molecule has 3 atom stereocenters. The third-order valence-electron chi connectivity index (χ3n) is 4.29. The van der Waals surface area contributed by atoms with E-state index in [1.807, 2.05) is 6.92 Å². The fourth-order valence-electron chi connectivity index (χ4n) is 2.86. The van der Waals surface area contributed by atoms with Crippen LogP contribution in [0.2, 0.25) is 0 Å². The average molecular weight is 357 g/mol. The number of carbonyl (C=O) groups excluding carboxylic acids is 2. The van der Waals surface area contributed by atoms with Crippen molar-refractivity contribution in [1.29, 1.82) is 0 Å². The molecule has 0 aromatic rings. The Bertz CT molecular complexity index is 510. The molecule has 5 N–H and O–H groups in total. The van der Waals surface area contributed by atoms with E-state index in [9.17, 15) is 19.2 Å². The summed E-state index contributed by atoms with van der Waals surface area (Å²) >= 11 is 0. The van der Waals surface area contributed by atoms with Gasteiger partial charge in [-0.05, 0) is 25.7 Å². The van der Waals surface area contributed by atoms with E-state index in [1.165, 1.54) is 4.90 Å². The minimum atomic E-state index is -1.30. The predicted molar refractivity (Wildman–Crippen MR) is 88.7 cm³/mol. The lowest BCUT2D eigenvalue weighted by Crippen LogP contribution is -2.53. The molecule has 0 aromatic heterocycles. The maximum atomic E-state index is 12.4. The van der Waals surface area contributed by atoms with E-state index in [4.69, 9.17) is 15.9 Å². The van der Waals surface area contributed by atoms with Gasteiger partial charge in [-0.25, -0.2) is 4.79 Å². The second kappa shape index (κ2) is 9.97. The van der Waals surface area contributed by atoms with Crippen molar-refractivity contribution in [1.82, 2.24) is 10.2 Å². The van der Waals surface area contributed by atoms with Crippen molar-refractivity contribution < 1.29 is 29.4 Å². The van der Waals surface area contributed by atoms with Crippen LogP contribution in [0.5, 0.6) is 0 Å². The van der Waals surface area contributed by atoms with E-state index in [-0.39, 0.29) is 18.7 Å². The Morgan fingerprint density at radius 1 is 1.24 bits per heavy atom. The zero-order chi connectivity index (χ0) is 19.0. The molecular formula is C16H27N3O6. The number of hydrogen-bond acceptors (Lipinski definition) is 5. The van der Waals surface area contributed by atoms with Gasteiger partial charge < -0.3 is 26.2 Å². The maximum Gasteiger partial charge on any atom is 0.326 e. The van der Waals surface area contributed by atoms with Gasteiger partial charge >= 0.3 is 11.9 Å². The topological polar surface area (TPSA) is 150 Å². The molecule has 1 aliphatic rings. The van der Waals surface area contributed by atoms with E-state index < -0.39 is 36.0 Å². The fraction of sp³-hybridized carbons (Fsp3) is 0.750. The van der Waals surface area contributed by atoms with Gasteiger partial charge in [-0.15, -0.1) is 0 Å². The molecule has 1 fully saturated rings. The number of rotatable bonds is 10. The van der Waals surface area contributed by atoms with Crippen LogP contribution in [-0.2, 0) is 19.2 Å². The number of hydrogen-bond donors (Lipinski definition) is 4. The van der Waals surface area contributed by atoms with Crippen molar-refractivity contribution in [3.8, 4) is 0 Å². The summed E-state index contributed by atoms with van der Waals surface area (Å²) in [4.78, 5) is 48.0. The second-order valence-corrected chi connectivity index (χ2v) is 6.27. The number of nitrogens with one attached hydrogen (secondary N) is 1. The van der Waals surface area contributed by atoms with Crippen LogP contribution in [0.3, 0.4) is 0 Å². The standard InChI is InChI=1S/C16H27N3O6/c1-2-3-5-10(17)15(23)19-9-4-6-12(19)14(22)18-11(16(24)25)7-8-13(20)21/h10-12H,2-9,17H2,1H3,(H,18,22)(H,20,21)(H,24,25). The average Bonchev–Trinajstić information content (AvgIpc) is 3.04. The first-order chi connectivity index (χ1) is 11.8. The normalized spacial score (nSPS) is 19.3. The summed E-state index contributed by atoms with van der Waals surface area (Å²) in [5.74, 6) is -3.32. The molecule has 0 bridgehead atoms. The number of carboxylic acids is 2. The van der Waals surface area contributed by atoms with E-state index >= 15 is 0 Å². The van der Waals surface area contributed by atoms with Crippen LogP contribution in [0.25, 0.3) is 0 Å². The maximum absolute atomic E-state index is 12.4. The molecule has 25 heavy (non-hydrogen) atoms. The van der Waals surface area contributed by atoms with Gasteiger partial charge in [0.15, 0.2) is 0 Å². The minimum Gasteiger partial charge on any atom is -0.481 e. The van der Waals surface area contributed by atoms with Crippen LogP contribution < -0.4 is 11.1 Å². The van der Waals surface area contributed by atoms with Crippen molar-refractivity contribution in [3.05, 3.63) is 0 Å². The molecule has 9 nitrogen and oxygen atoms in total. The summed E-state index contributed by atoms with van der Waals surface area (Å²) in [6, 6.07) is -2.72. The Kier molecular flexibility index (Phi) is 8.33. The number of nitrogens with two attached hydrogens (primary N) is 1. The van der Waals surface area contributed by atoms with Crippen LogP contribution in [0, 0.1) is 0 Å². The van der Waals surface area contributed by atoms with E-state index in [0.29, 0.717) is 25.8 Å². The third-order valence-corrected chi connectivity index (χ3v) is 4.29. The van der Waals surface area contributed by atoms with Crippen molar-refractivity contribution in [2.24, 2.45) is 5.73 Å². The van der Waals surface area contributed by atoms with Crippen molar-refractivity contribution in [2.75, 3.05) is 6.54 Å². The van der Waals surface area contributed by atoms with Crippen molar-refractivity contribution in [3.63, 3.8) is 0 Å². The number of unbranched alkanes of at least 4 members (excludes halogenated alkanes) is 1. The highest BCUT2D eigenvalue weighted by Gasteiger charge is 2.37. The zero-order valence-electron chi connectivity index (χ0n) is 14.4. The van der Waals surface area contributed by atoms with Crippen LogP contribution in [0.4, 0.5) is 0 Å². The largest absolute Gasteiger partial charge is 0.481 e. The van der Waals surface area contributed by atoms with Crippen LogP contribution in [-0.4, -0.2) is 63.5 Å². The van der Waals surface area contributed by atoms with Crippen molar-refractivity contribution >= 4 is 23.8 Å². The summed E-state index contributed by atoms with van der Waals surface area (Å²) in [7, 11) is 0. The first-order valence-corrected chi connectivity index (χ1v) is 8.59. The highest BCUT2D eigenvalue weighted by atomic mass is 16.4. The van der Waals surface area contributed by atoms with Gasteiger partial charge in [0.25, 0.3) is 0 Å². The predicted octanol–water partition coefficient (Wildman–Crippen LogP) is -0.0709. The SMILES string of the molecule is CCCCC(N)C(=O)N1CCCC1C(=O)NC(CCC(=O)O)C(=O)O. The summed E-state index contributed by atoms with van der Waals surface area (Å²) in [6.45, 7) is 2.40. The molecule has 142 valence electrons. The minimum absolute atomic E-state index is 0.215. The Labute approximate surface area is 146 Å². The lowest BCUT2D eigenvalue weighted by atomic mass is 10.1. The van der Waals surface area contributed by atoms with Gasteiger partial charge in [0, 0.05) is 13.0 Å². The Hall–Kier alpha value is -2.16. The third kappa shape index (κ3) is 6.33. The van der Waals surface area contributed by atoms with Gasteiger partial charge in [-0.3, -0.25) is 14.4 Å². The van der Waals surface area contributed by atoms with Gasteiger partial charge in [-0.1, -0.05) is 19.8 Å². The van der Waals surface area contributed by atoms with Crippen LogP contribution >= 0.6 is 0 Å². The van der Waals surface area contributed by atoms with E-state index in [0.717, 1.165) is 12.8 Å². The molecule has 1 aliphatic heterocycles. The molecule has 1 rings (SSSR count). The molecule has 0 radical (unpaired) electrons. The van der Waals surface area contributed by atoms with Crippen LogP contribution in [0.15, 0.2) is 0 Å². The molecule has 9 heteroatoms. The Morgan fingerprint density at radius 2 is 1.92 bits per heavy atom. The first kappa shape index (κ1) is 20.9. The number of aliphatic carboxylic acids is 2. The highest BCUT2D eigenvalue weighted by Crippen LogP contribution is 2.19. The molecule has 1 saturated heterocycles. The molecule has 0 aliphatic carbocycles. The fourth-order valence-corrected chi connectivity index (χ4v) is 2.86.